The molecule has 0 fully saturated rings. The Morgan fingerprint density at radius 3 is 2.33 bits per heavy atom. The van der Waals surface area contributed by atoms with E-state index >= 15 is 0 Å². The maximum atomic E-state index is 12.5. The molecule has 2 rings (SSSR count). The van der Waals surface area contributed by atoms with Crippen LogP contribution in [0.1, 0.15) is 35.3 Å². The summed E-state index contributed by atoms with van der Waals surface area (Å²) in [5.41, 5.74) is 9.06. The van der Waals surface area contributed by atoms with Crippen LogP contribution in [0.4, 0.5) is 5.69 Å². The van der Waals surface area contributed by atoms with Gasteiger partial charge in [-0.15, -0.1) is 12.4 Å². The Hall–Kier alpha value is -2.53. The molecule has 2 aromatic carbocycles. The van der Waals surface area contributed by atoms with Crippen molar-refractivity contribution in [1.82, 2.24) is 10.6 Å². The molecule has 0 aliphatic rings. The quantitative estimate of drug-likeness (QED) is 0.636. The molecule has 0 aliphatic heterocycles. The van der Waals surface area contributed by atoms with E-state index in [-0.39, 0.29) is 30.1 Å². The van der Waals surface area contributed by atoms with Crippen molar-refractivity contribution in [2.75, 3.05) is 12.3 Å². The maximum Gasteiger partial charge on any atom is 0.251 e. The molecule has 0 saturated heterocycles. The van der Waals surface area contributed by atoms with Crippen LogP contribution in [-0.4, -0.2) is 24.4 Å². The third kappa shape index (κ3) is 6.94. The number of carbonyl (C=O) groups is 2. The molecule has 0 saturated carbocycles. The number of nitrogen functional groups attached to an aromatic ring is 1. The first kappa shape index (κ1) is 22.5. The molecule has 0 bridgehead atoms. The highest BCUT2D eigenvalue weighted by atomic mass is 35.5. The molecule has 0 aliphatic carbocycles. The van der Waals surface area contributed by atoms with E-state index in [1.165, 1.54) is 0 Å². The van der Waals surface area contributed by atoms with E-state index < -0.39 is 6.04 Å². The molecule has 1 atom stereocenters. The first-order valence-electron chi connectivity index (χ1n) is 8.86. The van der Waals surface area contributed by atoms with Gasteiger partial charge in [-0.2, -0.15) is 0 Å². The van der Waals surface area contributed by atoms with Crippen LogP contribution in [0.25, 0.3) is 0 Å². The molecule has 0 heterocycles. The normalized spacial score (nSPS) is 11.4. The van der Waals surface area contributed by atoms with Crippen molar-refractivity contribution in [3.8, 4) is 0 Å². The summed E-state index contributed by atoms with van der Waals surface area (Å²) in [6, 6.07) is 14.3. The lowest BCUT2D eigenvalue weighted by Crippen LogP contribution is -2.50. The Balaban J connectivity index is 0.00000364. The molecule has 27 heavy (non-hydrogen) atoms. The SMILES string of the molecule is Cc1cccc(C(=O)NC(C(=O)NCCc2ccc(N)cc2)C(C)C)c1.Cl. The third-order valence-corrected chi connectivity index (χ3v) is 4.21. The topological polar surface area (TPSA) is 84.2 Å². The largest absolute Gasteiger partial charge is 0.399 e. The number of hydrogen-bond donors (Lipinski definition) is 3. The molecule has 1 unspecified atom stereocenters. The van der Waals surface area contributed by atoms with Crippen LogP contribution >= 0.6 is 12.4 Å². The second-order valence-electron chi connectivity index (χ2n) is 6.85. The van der Waals surface area contributed by atoms with Crippen molar-refractivity contribution in [1.29, 1.82) is 0 Å². The van der Waals surface area contributed by atoms with Crippen LogP contribution in [0.2, 0.25) is 0 Å². The zero-order chi connectivity index (χ0) is 19.1. The van der Waals surface area contributed by atoms with E-state index in [0.29, 0.717) is 18.5 Å². The highest BCUT2D eigenvalue weighted by Crippen LogP contribution is 2.08. The Kier molecular flexibility index (Phi) is 8.82. The monoisotopic (exact) mass is 389 g/mol. The van der Waals surface area contributed by atoms with Gasteiger partial charge in [0.15, 0.2) is 0 Å². The van der Waals surface area contributed by atoms with E-state index in [1.807, 2.05) is 63.2 Å². The molecule has 4 N–H and O–H groups in total. The van der Waals surface area contributed by atoms with Gasteiger partial charge in [0.25, 0.3) is 5.91 Å². The van der Waals surface area contributed by atoms with Crippen LogP contribution in [0, 0.1) is 12.8 Å². The highest BCUT2D eigenvalue weighted by molar-refractivity contribution is 5.97. The van der Waals surface area contributed by atoms with Gasteiger partial charge in [0.05, 0.1) is 0 Å². The van der Waals surface area contributed by atoms with Gasteiger partial charge in [-0.3, -0.25) is 9.59 Å². The molecule has 0 spiro atoms. The van der Waals surface area contributed by atoms with Crippen molar-refractivity contribution in [2.24, 2.45) is 5.92 Å². The third-order valence-electron chi connectivity index (χ3n) is 4.21. The van der Waals surface area contributed by atoms with Crippen LogP contribution in [0.15, 0.2) is 48.5 Å². The molecule has 2 amide bonds. The lowest BCUT2D eigenvalue weighted by atomic mass is 10.0. The molecular weight excluding hydrogens is 362 g/mol. The Bertz CT molecular complexity index is 760. The van der Waals surface area contributed by atoms with Gasteiger partial charge in [0.1, 0.15) is 6.04 Å². The number of halogens is 1. The van der Waals surface area contributed by atoms with Crippen molar-refractivity contribution in [3.63, 3.8) is 0 Å². The average molecular weight is 390 g/mol. The minimum Gasteiger partial charge on any atom is -0.399 e. The number of anilines is 1. The van der Waals surface area contributed by atoms with Crippen molar-refractivity contribution < 1.29 is 9.59 Å². The zero-order valence-electron chi connectivity index (χ0n) is 16.0. The smallest absolute Gasteiger partial charge is 0.251 e. The van der Waals surface area contributed by atoms with Crippen molar-refractivity contribution >= 4 is 29.9 Å². The first-order chi connectivity index (χ1) is 12.4. The second-order valence-corrected chi connectivity index (χ2v) is 6.85. The van der Waals surface area contributed by atoms with Crippen LogP contribution in [-0.2, 0) is 11.2 Å². The Morgan fingerprint density at radius 2 is 1.74 bits per heavy atom. The van der Waals surface area contributed by atoms with Gasteiger partial charge in [-0.1, -0.05) is 43.7 Å². The van der Waals surface area contributed by atoms with E-state index in [1.54, 1.807) is 6.07 Å². The molecule has 6 heteroatoms. The summed E-state index contributed by atoms with van der Waals surface area (Å²) in [5, 5.41) is 5.76. The zero-order valence-corrected chi connectivity index (χ0v) is 16.8. The molecule has 0 radical (unpaired) electrons. The molecular formula is C21H28ClN3O2. The van der Waals surface area contributed by atoms with Crippen LogP contribution < -0.4 is 16.4 Å². The summed E-state index contributed by atoms with van der Waals surface area (Å²) in [6.45, 7) is 6.27. The van der Waals surface area contributed by atoms with Crippen LogP contribution in [0.3, 0.4) is 0 Å². The summed E-state index contributed by atoms with van der Waals surface area (Å²) < 4.78 is 0. The number of carbonyl (C=O) groups excluding carboxylic acids is 2. The minimum absolute atomic E-state index is 0. The summed E-state index contributed by atoms with van der Waals surface area (Å²) in [6.07, 6.45) is 0.711. The van der Waals surface area contributed by atoms with Crippen molar-refractivity contribution in [2.45, 2.75) is 33.2 Å². The standard InChI is InChI=1S/C21H27N3O2.ClH/c1-14(2)19(24-20(25)17-6-4-5-15(3)13-17)21(26)23-12-11-16-7-9-18(22)10-8-16;/h4-10,13-14,19H,11-12,22H2,1-3H3,(H,23,26)(H,24,25);1H. The fourth-order valence-electron chi connectivity index (χ4n) is 2.67. The van der Waals surface area contributed by atoms with Gasteiger partial charge in [-0.05, 0) is 49.1 Å². The molecule has 2 aromatic rings. The number of nitrogens with one attached hydrogen (secondary N) is 2. The van der Waals surface area contributed by atoms with Gasteiger partial charge in [0, 0.05) is 17.8 Å². The predicted octanol–water partition coefficient (Wildman–Crippen LogP) is 3.11. The van der Waals surface area contributed by atoms with Gasteiger partial charge < -0.3 is 16.4 Å². The number of benzene rings is 2. The summed E-state index contributed by atoms with van der Waals surface area (Å²) in [5.74, 6) is -0.419. The minimum atomic E-state index is -0.575. The fourth-order valence-corrected chi connectivity index (χ4v) is 2.67. The van der Waals surface area contributed by atoms with Gasteiger partial charge >= 0.3 is 0 Å². The lowest BCUT2D eigenvalue weighted by molar-refractivity contribution is -0.123. The summed E-state index contributed by atoms with van der Waals surface area (Å²) in [4.78, 5) is 25.0. The molecule has 0 aromatic heterocycles. The number of hydrogen-bond acceptors (Lipinski definition) is 3. The lowest BCUT2D eigenvalue weighted by Gasteiger charge is -2.22. The predicted molar refractivity (Wildman–Crippen MR) is 112 cm³/mol. The van der Waals surface area contributed by atoms with E-state index in [9.17, 15) is 9.59 Å². The average Bonchev–Trinajstić information content (AvgIpc) is 2.60. The number of rotatable bonds is 7. The highest BCUT2D eigenvalue weighted by Gasteiger charge is 2.24. The Labute approximate surface area is 167 Å². The van der Waals surface area contributed by atoms with Crippen LogP contribution in [0.5, 0.6) is 0 Å². The molecule has 5 nitrogen and oxygen atoms in total. The fraction of sp³-hybridized carbons (Fsp3) is 0.333. The summed E-state index contributed by atoms with van der Waals surface area (Å²) in [7, 11) is 0. The number of aryl methyl sites for hydroxylation is 1. The summed E-state index contributed by atoms with van der Waals surface area (Å²) >= 11 is 0. The first-order valence-corrected chi connectivity index (χ1v) is 8.86. The number of amides is 2. The van der Waals surface area contributed by atoms with Crippen molar-refractivity contribution in [3.05, 3.63) is 65.2 Å². The van der Waals surface area contributed by atoms with Gasteiger partial charge in [0.2, 0.25) is 5.91 Å². The van der Waals surface area contributed by atoms with Gasteiger partial charge in [-0.25, -0.2) is 0 Å². The van der Waals surface area contributed by atoms with E-state index in [0.717, 1.165) is 16.8 Å². The Morgan fingerprint density at radius 1 is 1.07 bits per heavy atom. The van der Waals surface area contributed by atoms with E-state index in [2.05, 4.69) is 10.6 Å². The maximum absolute atomic E-state index is 12.5. The number of nitrogens with two attached hydrogens (primary N) is 1. The second kappa shape index (κ2) is 10.6. The molecule has 146 valence electrons. The van der Waals surface area contributed by atoms with E-state index in [4.69, 9.17) is 5.73 Å².